The monoisotopic (exact) mass is 881 g/mol. The van der Waals surface area contributed by atoms with Crippen LogP contribution in [-0.4, -0.2) is 0 Å². The van der Waals surface area contributed by atoms with Gasteiger partial charge in [0, 0.05) is 60.6 Å². The largest absolute Gasteiger partial charge is 0.455 e. The fourth-order valence-corrected chi connectivity index (χ4v) is 12.6. The zero-order valence-corrected chi connectivity index (χ0v) is 38.1. The van der Waals surface area contributed by atoms with E-state index in [1.807, 2.05) is 6.07 Å². The van der Waals surface area contributed by atoms with Crippen molar-refractivity contribution < 1.29 is 9.15 Å². The second-order valence-corrected chi connectivity index (χ2v) is 19.5. The second-order valence-electron chi connectivity index (χ2n) is 19.5. The standard InChI is InChI=1S/C66H43NO2/c1-65(2)53-24-10-7-19-48(53)49-36-35-44(39-58(49)65)67(43-33-29-42(30-34-43)45-22-13-23-51-50-20-9-12-28-60(50)68-62(45)51)59-27-14-26-55-61(59)52-21-8-11-25-54(52)66(55)56-37-31-40-15-3-5-17-46(40)63(56)69-64-47-18-6-4-16-41(47)32-38-57(64)66/h3-39H,1-2H3. The molecule has 0 radical (unpaired) electrons. The third-order valence-corrected chi connectivity index (χ3v) is 15.7. The maximum atomic E-state index is 7.30. The molecule has 69 heavy (non-hydrogen) atoms. The van der Waals surface area contributed by atoms with E-state index in [-0.39, 0.29) is 5.41 Å². The van der Waals surface area contributed by atoms with Crippen LogP contribution in [0.1, 0.15) is 47.2 Å². The van der Waals surface area contributed by atoms with Gasteiger partial charge >= 0.3 is 0 Å². The highest BCUT2D eigenvalue weighted by Gasteiger charge is 2.53. The number of para-hydroxylation sites is 2. The van der Waals surface area contributed by atoms with Crippen molar-refractivity contribution in [1.29, 1.82) is 0 Å². The SMILES string of the molecule is CC1(C)c2ccccc2-c2ccc(N(c3ccc(-c4cccc5c4oc4ccccc45)cc3)c3cccc4c3-c3ccccc3C43c4ccc5ccccc5c4Oc4c3ccc3ccccc43)cc21. The lowest BCUT2D eigenvalue weighted by Crippen LogP contribution is -2.32. The van der Waals surface area contributed by atoms with Gasteiger partial charge in [0.2, 0.25) is 0 Å². The minimum absolute atomic E-state index is 0.181. The molecule has 1 aromatic heterocycles. The third-order valence-electron chi connectivity index (χ3n) is 15.7. The van der Waals surface area contributed by atoms with E-state index in [1.54, 1.807) is 0 Å². The van der Waals surface area contributed by atoms with Crippen molar-refractivity contribution in [3.05, 3.63) is 258 Å². The van der Waals surface area contributed by atoms with Gasteiger partial charge in [-0.15, -0.1) is 0 Å². The van der Waals surface area contributed by atoms with Gasteiger partial charge in [0.25, 0.3) is 0 Å². The summed E-state index contributed by atoms with van der Waals surface area (Å²) in [7, 11) is 0. The van der Waals surface area contributed by atoms with E-state index < -0.39 is 5.41 Å². The summed E-state index contributed by atoms with van der Waals surface area (Å²) in [6.07, 6.45) is 0. The Labute approximate surface area is 400 Å². The van der Waals surface area contributed by atoms with E-state index in [4.69, 9.17) is 9.15 Å². The van der Waals surface area contributed by atoms with Crippen molar-refractivity contribution in [3.63, 3.8) is 0 Å². The summed E-state index contributed by atoms with van der Waals surface area (Å²) in [6, 6.07) is 82.5. The van der Waals surface area contributed by atoms with Gasteiger partial charge in [-0.05, 0) is 91.7 Å². The smallest absolute Gasteiger partial charge is 0.143 e. The lowest BCUT2D eigenvalue weighted by Gasteiger charge is -2.40. The van der Waals surface area contributed by atoms with E-state index in [0.29, 0.717) is 0 Å². The van der Waals surface area contributed by atoms with Gasteiger partial charge in [-0.1, -0.05) is 202 Å². The molecule has 12 aromatic rings. The van der Waals surface area contributed by atoms with E-state index in [1.165, 1.54) is 44.5 Å². The van der Waals surface area contributed by atoms with Crippen LogP contribution in [0.15, 0.2) is 229 Å². The first-order valence-corrected chi connectivity index (χ1v) is 24.0. The van der Waals surface area contributed by atoms with Crippen LogP contribution in [0.3, 0.4) is 0 Å². The highest BCUT2D eigenvalue weighted by atomic mass is 16.5. The Morgan fingerprint density at radius 1 is 0.377 bits per heavy atom. The normalized spacial score (nSPS) is 14.3. The van der Waals surface area contributed by atoms with Crippen LogP contribution < -0.4 is 9.64 Å². The Bertz CT molecular complexity index is 4070. The number of hydrogen-bond donors (Lipinski definition) is 0. The Kier molecular flexibility index (Phi) is 7.77. The number of fused-ring (bicyclic) bond motifs is 19. The maximum Gasteiger partial charge on any atom is 0.143 e. The highest BCUT2D eigenvalue weighted by Crippen LogP contribution is 2.66. The molecule has 0 fully saturated rings. The van der Waals surface area contributed by atoms with Crippen LogP contribution in [0.25, 0.3) is 76.9 Å². The van der Waals surface area contributed by atoms with Gasteiger partial charge in [0.05, 0.1) is 11.1 Å². The van der Waals surface area contributed by atoms with Gasteiger partial charge in [0.15, 0.2) is 0 Å². The van der Waals surface area contributed by atoms with Gasteiger partial charge in [-0.2, -0.15) is 0 Å². The van der Waals surface area contributed by atoms with Crippen LogP contribution >= 0.6 is 0 Å². The number of ether oxygens (including phenoxy) is 1. The van der Waals surface area contributed by atoms with Crippen molar-refractivity contribution in [2.24, 2.45) is 0 Å². The summed E-state index contributed by atoms with van der Waals surface area (Å²) in [5, 5.41) is 6.78. The van der Waals surface area contributed by atoms with E-state index in [0.717, 1.165) is 94.3 Å². The molecule has 11 aromatic carbocycles. The van der Waals surface area contributed by atoms with Crippen LogP contribution in [-0.2, 0) is 10.8 Å². The molecular weight excluding hydrogens is 839 g/mol. The molecule has 0 amide bonds. The van der Waals surface area contributed by atoms with Crippen molar-refractivity contribution in [2.75, 3.05) is 4.90 Å². The molecule has 0 bridgehead atoms. The molecule has 1 aliphatic heterocycles. The first kappa shape index (κ1) is 38.4. The molecule has 1 spiro atoms. The highest BCUT2D eigenvalue weighted by molar-refractivity contribution is 6.10. The van der Waals surface area contributed by atoms with E-state index >= 15 is 0 Å². The van der Waals surface area contributed by atoms with E-state index in [9.17, 15) is 0 Å². The summed E-state index contributed by atoms with van der Waals surface area (Å²) in [5.74, 6) is 1.83. The third kappa shape index (κ3) is 5.11. The quantitative estimate of drug-likeness (QED) is 0.176. The molecule has 3 nitrogen and oxygen atoms in total. The van der Waals surface area contributed by atoms with Crippen molar-refractivity contribution in [1.82, 2.24) is 0 Å². The fourth-order valence-electron chi connectivity index (χ4n) is 12.6. The summed E-state index contributed by atoms with van der Waals surface area (Å²) in [5.41, 5.74) is 19.0. The van der Waals surface area contributed by atoms with Gasteiger partial charge in [0.1, 0.15) is 22.7 Å². The maximum absolute atomic E-state index is 7.30. The molecule has 0 unspecified atom stereocenters. The zero-order valence-electron chi connectivity index (χ0n) is 38.1. The van der Waals surface area contributed by atoms with Gasteiger partial charge in [-0.25, -0.2) is 0 Å². The predicted octanol–water partition coefficient (Wildman–Crippen LogP) is 17.8. The molecule has 0 saturated carbocycles. The molecule has 15 rings (SSSR count). The zero-order chi connectivity index (χ0) is 45.6. The van der Waals surface area contributed by atoms with Crippen LogP contribution in [0, 0.1) is 0 Å². The van der Waals surface area contributed by atoms with Gasteiger partial charge < -0.3 is 14.1 Å². The molecule has 3 aliphatic rings. The molecule has 324 valence electrons. The topological polar surface area (TPSA) is 25.6 Å². The van der Waals surface area contributed by atoms with Gasteiger partial charge in [-0.3, -0.25) is 0 Å². The molecule has 2 heterocycles. The molecule has 2 aliphatic carbocycles. The predicted molar refractivity (Wildman–Crippen MR) is 284 cm³/mol. The minimum Gasteiger partial charge on any atom is -0.455 e. The summed E-state index contributed by atoms with van der Waals surface area (Å²) >= 11 is 0. The molecular formula is C66H43NO2. The van der Waals surface area contributed by atoms with Crippen molar-refractivity contribution >= 4 is 60.5 Å². The summed E-state index contributed by atoms with van der Waals surface area (Å²) in [4.78, 5) is 2.50. The minimum atomic E-state index is -0.679. The average Bonchev–Trinajstić information content (AvgIpc) is 4.01. The van der Waals surface area contributed by atoms with E-state index in [2.05, 4.69) is 237 Å². The van der Waals surface area contributed by atoms with Crippen LogP contribution in [0.4, 0.5) is 17.1 Å². The average molecular weight is 882 g/mol. The van der Waals surface area contributed by atoms with Crippen LogP contribution in [0.5, 0.6) is 11.5 Å². The lowest BCUT2D eigenvalue weighted by atomic mass is 9.65. The number of benzene rings is 11. The Hall–Kier alpha value is -8.66. The Balaban J connectivity index is 0.999. The number of hydrogen-bond acceptors (Lipinski definition) is 3. The number of anilines is 3. The first-order valence-electron chi connectivity index (χ1n) is 24.0. The fraction of sp³-hybridized carbons (Fsp3) is 0.0606. The Morgan fingerprint density at radius 3 is 1.70 bits per heavy atom. The molecule has 0 atom stereocenters. The lowest BCUT2D eigenvalue weighted by molar-refractivity contribution is 0.447. The molecule has 0 N–H and O–H groups in total. The molecule has 0 saturated heterocycles. The number of rotatable bonds is 4. The Morgan fingerprint density at radius 2 is 0.942 bits per heavy atom. The summed E-state index contributed by atoms with van der Waals surface area (Å²) in [6.45, 7) is 4.74. The number of furan rings is 1. The summed E-state index contributed by atoms with van der Waals surface area (Å²) < 4.78 is 13.9. The van der Waals surface area contributed by atoms with Crippen molar-refractivity contribution in [3.8, 4) is 44.9 Å². The molecule has 3 heteroatoms. The van der Waals surface area contributed by atoms with Crippen LogP contribution in [0.2, 0.25) is 0 Å². The van der Waals surface area contributed by atoms with Crippen molar-refractivity contribution in [2.45, 2.75) is 24.7 Å². The number of nitrogens with zero attached hydrogens (tertiary/aromatic N) is 1. The second kappa shape index (κ2) is 13.9. The first-order chi connectivity index (χ1) is 34.0.